The summed E-state index contributed by atoms with van der Waals surface area (Å²) in [6, 6.07) is 0. The molecule has 0 aliphatic rings. The summed E-state index contributed by atoms with van der Waals surface area (Å²) in [6.07, 6.45) is 2.55. The molecule has 1 nitrogen and oxygen atoms in total. The van der Waals surface area contributed by atoms with Gasteiger partial charge in [0, 0.05) is 0 Å². The van der Waals surface area contributed by atoms with E-state index in [1.807, 2.05) is 0 Å². The largest absolute Gasteiger partial charge is 3.00 e. The van der Waals surface area contributed by atoms with Gasteiger partial charge in [-0.15, -0.1) is 0 Å². The van der Waals surface area contributed by atoms with Gasteiger partial charge in [0.15, 0.2) is 0 Å². The molecule has 0 saturated carbocycles. The number of hydrogen-bond acceptors (Lipinski definition) is 1. The summed E-state index contributed by atoms with van der Waals surface area (Å²) in [5, 5.41) is 0. The zero-order valence-electron chi connectivity index (χ0n) is 7.99. The molecule has 0 aliphatic carbocycles. The summed E-state index contributed by atoms with van der Waals surface area (Å²) in [5.74, 6) is 0. The zero-order chi connectivity index (χ0) is 6.41. The molecule has 12 heavy (non-hydrogen) atoms. The van der Waals surface area contributed by atoms with Crippen molar-refractivity contribution in [3.05, 3.63) is 0 Å². The molecule has 0 aromatic rings. The van der Waals surface area contributed by atoms with Gasteiger partial charge in [-0.05, 0) is 33.0 Å². The Morgan fingerprint density at radius 3 is 1.25 bits per heavy atom. The molecule has 0 heterocycles. The number of rotatable bonds is 4. The van der Waals surface area contributed by atoms with Gasteiger partial charge in [-0.2, -0.15) is 0 Å². The molecule has 0 rings (SSSR count). The summed E-state index contributed by atoms with van der Waals surface area (Å²) in [4.78, 5) is 2.36. The van der Waals surface area contributed by atoms with Crippen LogP contribution in [0.2, 0.25) is 0 Å². The van der Waals surface area contributed by atoms with Crippen molar-refractivity contribution in [3.8, 4) is 0 Å². The molecule has 0 N–H and O–H groups in total. The van der Waals surface area contributed by atoms with Crippen LogP contribution in [0.5, 0.6) is 0 Å². The molecule has 0 saturated heterocycles. The number of halogens is 3. The third-order valence-corrected chi connectivity index (χ3v) is 1.21. The van der Waals surface area contributed by atoms with Crippen LogP contribution in [0.25, 0.3) is 0 Å². The first kappa shape index (κ1) is 29.2. The molecular weight excluding hydrogens is 231 g/mol. The fourth-order valence-corrected chi connectivity index (χ4v) is 0.875. The predicted octanol–water partition coefficient (Wildman–Crippen LogP) is -7.63. The van der Waals surface area contributed by atoms with E-state index in [9.17, 15) is 0 Å². The minimum Gasteiger partial charge on any atom is -1.00 e. The Labute approximate surface area is 106 Å². The molecular formula is C7H17AlCl3N. The molecule has 0 fully saturated rings. The first-order chi connectivity index (χ1) is 3.81. The second-order valence-electron chi connectivity index (χ2n) is 2.30. The van der Waals surface area contributed by atoms with E-state index >= 15 is 0 Å². The summed E-state index contributed by atoms with van der Waals surface area (Å²) in [7, 11) is 2.17. The third-order valence-electron chi connectivity index (χ3n) is 1.21. The smallest absolute Gasteiger partial charge is 1.00 e. The van der Waals surface area contributed by atoms with Crippen LogP contribution in [0.1, 0.15) is 26.7 Å². The summed E-state index contributed by atoms with van der Waals surface area (Å²) < 4.78 is 0. The van der Waals surface area contributed by atoms with Crippen molar-refractivity contribution < 1.29 is 37.2 Å². The van der Waals surface area contributed by atoms with E-state index in [-0.39, 0.29) is 54.6 Å². The third kappa shape index (κ3) is 22.5. The van der Waals surface area contributed by atoms with E-state index in [0.717, 1.165) is 0 Å². The predicted molar refractivity (Wildman–Crippen MR) is 43.8 cm³/mol. The van der Waals surface area contributed by atoms with Crippen molar-refractivity contribution in [2.75, 3.05) is 20.1 Å². The molecule has 74 valence electrons. The van der Waals surface area contributed by atoms with Gasteiger partial charge in [-0.1, -0.05) is 13.8 Å². The minimum absolute atomic E-state index is 0. The Bertz CT molecular complexity index is 51.9. The van der Waals surface area contributed by atoms with Crippen molar-refractivity contribution in [2.24, 2.45) is 0 Å². The quantitative estimate of drug-likeness (QED) is 0.447. The maximum Gasteiger partial charge on any atom is 3.00 e. The molecule has 0 radical (unpaired) electrons. The average Bonchev–Trinajstić information content (AvgIpc) is 1.68. The van der Waals surface area contributed by atoms with Crippen LogP contribution in [0.3, 0.4) is 0 Å². The first-order valence-corrected chi connectivity index (χ1v) is 3.49. The van der Waals surface area contributed by atoms with E-state index in [0.29, 0.717) is 0 Å². The fourth-order valence-electron chi connectivity index (χ4n) is 0.875. The van der Waals surface area contributed by atoms with Gasteiger partial charge in [0.1, 0.15) is 0 Å². The molecule has 0 aromatic heterocycles. The fraction of sp³-hybridized carbons (Fsp3) is 1.00. The summed E-state index contributed by atoms with van der Waals surface area (Å²) >= 11 is 0. The standard InChI is InChI=1S/C7H17N.Al.3ClH/c1-4-6-8(3)7-5-2;;;;/h4-7H2,1-3H3;;3*1H/q;+3;;;/p-3. The molecule has 0 atom stereocenters. The van der Waals surface area contributed by atoms with Crippen LogP contribution in [-0.4, -0.2) is 42.4 Å². The molecule has 0 unspecified atom stereocenters. The van der Waals surface area contributed by atoms with Crippen molar-refractivity contribution in [1.82, 2.24) is 4.90 Å². The Hall–Kier alpha value is 1.36. The maximum atomic E-state index is 2.36. The molecule has 0 amide bonds. The Kier molecular flexibility index (Phi) is 55.5. The Morgan fingerprint density at radius 2 is 1.08 bits per heavy atom. The number of nitrogens with zero attached hydrogens (tertiary/aromatic N) is 1. The van der Waals surface area contributed by atoms with Gasteiger partial charge < -0.3 is 42.1 Å². The zero-order valence-corrected chi connectivity index (χ0v) is 11.4. The van der Waals surface area contributed by atoms with Crippen molar-refractivity contribution in [3.63, 3.8) is 0 Å². The van der Waals surface area contributed by atoms with Gasteiger partial charge in [0.05, 0.1) is 0 Å². The van der Waals surface area contributed by atoms with Crippen LogP contribution in [-0.2, 0) is 0 Å². The molecule has 0 spiro atoms. The van der Waals surface area contributed by atoms with E-state index in [2.05, 4.69) is 25.8 Å². The van der Waals surface area contributed by atoms with Gasteiger partial charge in [0.25, 0.3) is 0 Å². The molecule has 0 aromatic carbocycles. The van der Waals surface area contributed by atoms with Crippen LogP contribution >= 0.6 is 0 Å². The van der Waals surface area contributed by atoms with Gasteiger partial charge in [-0.3, -0.25) is 0 Å². The average molecular weight is 249 g/mol. The summed E-state index contributed by atoms with van der Waals surface area (Å²) in [6.45, 7) is 6.92. The van der Waals surface area contributed by atoms with Crippen LogP contribution in [0.4, 0.5) is 0 Å². The second kappa shape index (κ2) is 22.8. The van der Waals surface area contributed by atoms with E-state index < -0.39 is 0 Å². The first-order valence-electron chi connectivity index (χ1n) is 3.49. The van der Waals surface area contributed by atoms with Gasteiger partial charge in [-0.25, -0.2) is 0 Å². The monoisotopic (exact) mass is 247 g/mol. The van der Waals surface area contributed by atoms with Crippen molar-refractivity contribution in [2.45, 2.75) is 26.7 Å². The molecule has 5 heteroatoms. The van der Waals surface area contributed by atoms with E-state index in [4.69, 9.17) is 0 Å². The van der Waals surface area contributed by atoms with Crippen LogP contribution in [0.15, 0.2) is 0 Å². The van der Waals surface area contributed by atoms with Crippen molar-refractivity contribution in [1.29, 1.82) is 0 Å². The summed E-state index contributed by atoms with van der Waals surface area (Å²) in [5.41, 5.74) is 0. The normalized spacial score (nSPS) is 7.00. The molecule has 0 bridgehead atoms. The van der Waals surface area contributed by atoms with E-state index in [1.165, 1.54) is 25.9 Å². The van der Waals surface area contributed by atoms with Crippen molar-refractivity contribution >= 4 is 17.4 Å². The SMILES string of the molecule is CCCN(C)CCC.[Al+3].[Cl-].[Cl-].[Cl-]. The molecule has 0 aliphatic heterocycles. The van der Waals surface area contributed by atoms with E-state index in [1.54, 1.807) is 0 Å². The maximum absolute atomic E-state index is 2.36. The van der Waals surface area contributed by atoms with Gasteiger partial charge >= 0.3 is 17.4 Å². The van der Waals surface area contributed by atoms with Crippen LogP contribution in [0, 0.1) is 0 Å². The van der Waals surface area contributed by atoms with Crippen LogP contribution < -0.4 is 37.2 Å². The Morgan fingerprint density at radius 1 is 0.833 bits per heavy atom. The Balaban J connectivity index is -0.0000000408. The van der Waals surface area contributed by atoms with Gasteiger partial charge in [0.2, 0.25) is 0 Å². The topological polar surface area (TPSA) is 3.24 Å². The second-order valence-corrected chi connectivity index (χ2v) is 2.30. The number of hydrogen-bond donors (Lipinski definition) is 0. The minimum atomic E-state index is 0.